The van der Waals surface area contributed by atoms with Crippen LogP contribution in [0.25, 0.3) is 10.2 Å². The average molecular weight is 509 g/mol. The van der Waals surface area contributed by atoms with Crippen molar-refractivity contribution >= 4 is 54.5 Å². The third-order valence-corrected chi connectivity index (χ3v) is 8.22. The van der Waals surface area contributed by atoms with E-state index in [0.29, 0.717) is 28.8 Å². The number of hydrogen-bond acceptors (Lipinski definition) is 9. The highest BCUT2D eigenvalue weighted by Crippen LogP contribution is 2.29. The zero-order chi connectivity index (χ0) is 24.4. The molecule has 0 aliphatic carbocycles. The van der Waals surface area contributed by atoms with Gasteiger partial charge in [0.1, 0.15) is 5.82 Å². The summed E-state index contributed by atoms with van der Waals surface area (Å²) in [5, 5.41) is 8.62. The molecule has 0 radical (unpaired) electrons. The summed E-state index contributed by atoms with van der Waals surface area (Å²) in [5.74, 6) is 1.16. The summed E-state index contributed by atoms with van der Waals surface area (Å²) in [6.07, 6.45) is 1.23. The van der Waals surface area contributed by atoms with Gasteiger partial charge in [-0.3, -0.25) is 0 Å². The van der Waals surface area contributed by atoms with Gasteiger partial charge in [0, 0.05) is 50.4 Å². The maximum atomic E-state index is 12.2. The number of benzene rings is 2. The summed E-state index contributed by atoms with van der Waals surface area (Å²) < 4.78 is 25.3. The van der Waals surface area contributed by atoms with Crippen molar-refractivity contribution in [3.63, 3.8) is 0 Å². The summed E-state index contributed by atoms with van der Waals surface area (Å²) in [7, 11) is -1.17. The minimum absolute atomic E-state index is 0.322. The van der Waals surface area contributed by atoms with E-state index in [-0.39, 0.29) is 0 Å². The zero-order valence-corrected chi connectivity index (χ0v) is 21.4. The number of nitrogens with zero attached hydrogens (tertiary/aromatic N) is 4. The number of piperazine rings is 1. The van der Waals surface area contributed by atoms with Crippen LogP contribution in [0.3, 0.4) is 0 Å². The number of sulfone groups is 1. The van der Waals surface area contributed by atoms with Crippen molar-refractivity contribution in [1.82, 2.24) is 14.9 Å². The van der Waals surface area contributed by atoms with Gasteiger partial charge in [0.15, 0.2) is 9.84 Å². The fourth-order valence-corrected chi connectivity index (χ4v) is 5.92. The summed E-state index contributed by atoms with van der Waals surface area (Å²) in [5.41, 5.74) is 3.66. The number of fused-ring (bicyclic) bond motifs is 1. The second-order valence-electron chi connectivity index (χ2n) is 8.73. The monoisotopic (exact) mass is 508 g/mol. The van der Waals surface area contributed by atoms with Gasteiger partial charge in [-0.1, -0.05) is 18.2 Å². The molecule has 8 nitrogen and oxygen atoms in total. The van der Waals surface area contributed by atoms with Crippen molar-refractivity contribution in [3.05, 3.63) is 65.5 Å². The van der Waals surface area contributed by atoms with E-state index in [2.05, 4.69) is 44.6 Å². The van der Waals surface area contributed by atoms with Gasteiger partial charge in [-0.2, -0.15) is 4.98 Å². The van der Waals surface area contributed by atoms with Crippen molar-refractivity contribution in [1.29, 1.82) is 0 Å². The van der Waals surface area contributed by atoms with Gasteiger partial charge in [-0.15, -0.1) is 11.3 Å². The standard InChI is InChI=1S/C25H28N6O2S2/c1-30-12-14-31(15-13-30)20-9-7-19(8-10-20)27-25-28-21-11-16-34-23(21)24(29-25)26-17-18-5-3-4-6-22(18)35(2,32)33/h3-11,16H,12-15,17H2,1-2H3,(H2,26,27,28,29). The molecule has 35 heavy (non-hydrogen) atoms. The molecule has 0 amide bonds. The Bertz CT molecular complexity index is 1430. The lowest BCUT2D eigenvalue weighted by atomic mass is 10.2. The van der Waals surface area contributed by atoms with Gasteiger partial charge in [0.05, 0.1) is 15.1 Å². The predicted molar refractivity (Wildman–Crippen MR) is 144 cm³/mol. The first-order valence-corrected chi connectivity index (χ1v) is 14.2. The van der Waals surface area contributed by atoms with Crippen LogP contribution in [0.1, 0.15) is 5.56 Å². The van der Waals surface area contributed by atoms with E-state index in [1.54, 1.807) is 23.5 Å². The Morgan fingerprint density at radius 2 is 1.71 bits per heavy atom. The Morgan fingerprint density at radius 3 is 2.46 bits per heavy atom. The lowest BCUT2D eigenvalue weighted by Crippen LogP contribution is -2.44. The molecule has 0 spiro atoms. The first kappa shape index (κ1) is 23.5. The van der Waals surface area contributed by atoms with Crippen molar-refractivity contribution in [3.8, 4) is 0 Å². The van der Waals surface area contributed by atoms with E-state index >= 15 is 0 Å². The molecule has 4 aromatic rings. The number of hydrogen-bond donors (Lipinski definition) is 2. The predicted octanol–water partition coefficient (Wildman–Crippen LogP) is 4.20. The molecule has 0 saturated carbocycles. The van der Waals surface area contributed by atoms with Crippen LogP contribution < -0.4 is 15.5 Å². The Hall–Kier alpha value is -3.21. The molecule has 5 rings (SSSR count). The number of rotatable bonds is 7. The molecule has 1 aliphatic heterocycles. The Labute approximate surface area is 209 Å². The van der Waals surface area contributed by atoms with Crippen LogP contribution in [0.2, 0.25) is 0 Å². The van der Waals surface area contributed by atoms with Crippen LogP contribution >= 0.6 is 11.3 Å². The van der Waals surface area contributed by atoms with Crippen LogP contribution in [-0.2, 0) is 16.4 Å². The highest BCUT2D eigenvalue weighted by atomic mass is 32.2. The van der Waals surface area contributed by atoms with Crippen LogP contribution in [0.15, 0.2) is 64.9 Å². The molecular weight excluding hydrogens is 480 g/mol. The van der Waals surface area contributed by atoms with E-state index in [4.69, 9.17) is 4.98 Å². The zero-order valence-electron chi connectivity index (χ0n) is 19.7. The summed E-state index contributed by atoms with van der Waals surface area (Å²) in [6.45, 7) is 4.53. The third kappa shape index (κ3) is 5.39. The van der Waals surface area contributed by atoms with Crippen LogP contribution in [0.5, 0.6) is 0 Å². The number of likely N-dealkylation sites (N-methyl/N-ethyl adjacent to an activating group) is 1. The molecular formula is C25H28N6O2S2. The first-order chi connectivity index (χ1) is 16.9. The van der Waals surface area contributed by atoms with E-state index in [1.165, 1.54) is 11.9 Å². The molecule has 0 bridgehead atoms. The number of anilines is 4. The number of nitrogens with one attached hydrogen (secondary N) is 2. The average Bonchev–Trinajstić information content (AvgIpc) is 3.32. The van der Waals surface area contributed by atoms with E-state index in [1.807, 2.05) is 35.7 Å². The molecule has 10 heteroatoms. The van der Waals surface area contributed by atoms with Gasteiger partial charge in [0.2, 0.25) is 5.95 Å². The largest absolute Gasteiger partial charge is 0.369 e. The Morgan fingerprint density at radius 1 is 0.971 bits per heavy atom. The van der Waals surface area contributed by atoms with Gasteiger partial charge in [-0.05, 0) is 54.4 Å². The Kier molecular flexibility index (Phi) is 6.59. The quantitative estimate of drug-likeness (QED) is 0.384. The Balaban J connectivity index is 1.34. The minimum atomic E-state index is -3.32. The topological polar surface area (TPSA) is 90.5 Å². The minimum Gasteiger partial charge on any atom is -0.369 e. The smallest absolute Gasteiger partial charge is 0.229 e. The lowest BCUT2D eigenvalue weighted by Gasteiger charge is -2.34. The molecule has 0 unspecified atom stereocenters. The molecule has 182 valence electrons. The molecule has 1 saturated heterocycles. The van der Waals surface area contributed by atoms with Crippen molar-refractivity contribution in [2.24, 2.45) is 0 Å². The normalized spacial score (nSPS) is 14.9. The molecule has 3 heterocycles. The highest BCUT2D eigenvalue weighted by molar-refractivity contribution is 7.90. The maximum Gasteiger partial charge on any atom is 0.229 e. The summed E-state index contributed by atoms with van der Waals surface area (Å²) in [6, 6.07) is 17.3. The second kappa shape index (κ2) is 9.80. The van der Waals surface area contributed by atoms with E-state index < -0.39 is 9.84 Å². The number of thiophene rings is 1. The van der Waals surface area contributed by atoms with Gasteiger partial charge < -0.3 is 20.4 Å². The van der Waals surface area contributed by atoms with E-state index in [0.717, 1.165) is 42.1 Å². The van der Waals surface area contributed by atoms with Crippen molar-refractivity contribution in [2.75, 3.05) is 55.0 Å². The second-order valence-corrected chi connectivity index (χ2v) is 11.6. The third-order valence-electron chi connectivity index (χ3n) is 6.11. The molecule has 2 N–H and O–H groups in total. The lowest BCUT2D eigenvalue weighted by molar-refractivity contribution is 0.313. The maximum absolute atomic E-state index is 12.2. The molecule has 2 aromatic heterocycles. The summed E-state index contributed by atoms with van der Waals surface area (Å²) in [4.78, 5) is 14.4. The van der Waals surface area contributed by atoms with Crippen molar-refractivity contribution < 1.29 is 8.42 Å². The van der Waals surface area contributed by atoms with Gasteiger partial charge in [-0.25, -0.2) is 13.4 Å². The van der Waals surface area contributed by atoms with Gasteiger partial charge in [0.25, 0.3) is 0 Å². The van der Waals surface area contributed by atoms with Crippen LogP contribution in [0, 0.1) is 0 Å². The van der Waals surface area contributed by atoms with Crippen molar-refractivity contribution in [2.45, 2.75) is 11.4 Å². The molecule has 0 atom stereocenters. The molecule has 1 fully saturated rings. The fourth-order valence-electron chi connectivity index (χ4n) is 4.18. The van der Waals surface area contributed by atoms with Crippen LogP contribution in [-0.4, -0.2) is 62.8 Å². The fraction of sp³-hybridized carbons (Fsp3) is 0.280. The highest BCUT2D eigenvalue weighted by Gasteiger charge is 2.16. The molecule has 2 aromatic carbocycles. The SMILES string of the molecule is CN1CCN(c2ccc(Nc3nc(NCc4ccccc4S(C)(=O)=O)c4sccc4n3)cc2)CC1. The summed E-state index contributed by atoms with van der Waals surface area (Å²) >= 11 is 1.55. The van der Waals surface area contributed by atoms with Crippen LogP contribution in [0.4, 0.5) is 23.1 Å². The number of aromatic nitrogens is 2. The molecule has 1 aliphatic rings. The first-order valence-electron chi connectivity index (χ1n) is 11.4. The van der Waals surface area contributed by atoms with Gasteiger partial charge >= 0.3 is 0 Å². The van der Waals surface area contributed by atoms with E-state index in [9.17, 15) is 8.42 Å².